The van der Waals surface area contributed by atoms with Gasteiger partial charge >= 0.3 is 5.97 Å². The Morgan fingerprint density at radius 2 is 2.00 bits per heavy atom. The van der Waals surface area contributed by atoms with Gasteiger partial charge in [0.2, 0.25) is 0 Å². The molecule has 0 aromatic rings. The molecule has 2 aliphatic carbocycles. The van der Waals surface area contributed by atoms with Gasteiger partial charge in [-0.15, -0.1) is 0 Å². The quantitative estimate of drug-likeness (QED) is 0.699. The van der Waals surface area contributed by atoms with Crippen LogP contribution in [0.15, 0.2) is 0 Å². The number of nitrogens with zero attached hydrogens (tertiary/aromatic N) is 1. The van der Waals surface area contributed by atoms with Gasteiger partial charge < -0.3 is 10.5 Å². The number of esters is 1. The first-order valence-electron chi connectivity index (χ1n) is 8.80. The minimum Gasteiger partial charge on any atom is -0.465 e. The third-order valence-corrected chi connectivity index (χ3v) is 5.12. The third-order valence-electron chi connectivity index (χ3n) is 5.12. The largest absolute Gasteiger partial charge is 0.465 e. The topological polar surface area (TPSA) is 55.6 Å². The smallest absolute Gasteiger partial charge is 0.320 e. The van der Waals surface area contributed by atoms with Crippen molar-refractivity contribution in [2.45, 2.75) is 70.9 Å². The summed E-state index contributed by atoms with van der Waals surface area (Å²) in [5.41, 5.74) is 6.02. The number of ether oxygens (including phenoxy) is 1. The van der Waals surface area contributed by atoms with E-state index in [0.29, 0.717) is 31.2 Å². The van der Waals surface area contributed by atoms with E-state index in [-0.39, 0.29) is 5.97 Å². The van der Waals surface area contributed by atoms with Crippen LogP contribution in [0.5, 0.6) is 0 Å². The van der Waals surface area contributed by atoms with Gasteiger partial charge in [-0.05, 0) is 51.0 Å². The predicted octanol–water partition coefficient (Wildman–Crippen LogP) is 2.56. The van der Waals surface area contributed by atoms with E-state index < -0.39 is 0 Å². The van der Waals surface area contributed by atoms with Crippen molar-refractivity contribution in [3.8, 4) is 0 Å². The lowest BCUT2D eigenvalue weighted by Gasteiger charge is -2.42. The monoisotopic (exact) mass is 296 g/mol. The van der Waals surface area contributed by atoms with Crippen LogP contribution < -0.4 is 5.73 Å². The first-order valence-corrected chi connectivity index (χ1v) is 8.80. The van der Waals surface area contributed by atoms with E-state index in [9.17, 15) is 4.79 Å². The Balaban J connectivity index is 2.01. The average molecular weight is 296 g/mol. The second-order valence-corrected chi connectivity index (χ2v) is 6.74. The summed E-state index contributed by atoms with van der Waals surface area (Å²) in [6.45, 7) is 5.82. The molecule has 3 atom stereocenters. The predicted molar refractivity (Wildman–Crippen MR) is 84.9 cm³/mol. The Bertz CT molecular complexity index is 331. The molecule has 0 aromatic heterocycles. The summed E-state index contributed by atoms with van der Waals surface area (Å²) < 4.78 is 5.17. The van der Waals surface area contributed by atoms with Crippen molar-refractivity contribution >= 4 is 5.97 Å². The van der Waals surface area contributed by atoms with E-state index in [2.05, 4.69) is 11.8 Å². The molecule has 0 amide bonds. The summed E-state index contributed by atoms with van der Waals surface area (Å²) in [6, 6.07) is 1.08. The molecule has 2 rings (SSSR count). The second-order valence-electron chi connectivity index (χ2n) is 6.74. The first-order chi connectivity index (χ1) is 10.2. The van der Waals surface area contributed by atoms with Crippen LogP contribution >= 0.6 is 0 Å². The van der Waals surface area contributed by atoms with E-state index in [0.717, 1.165) is 12.5 Å². The van der Waals surface area contributed by atoms with Crippen molar-refractivity contribution in [1.29, 1.82) is 0 Å². The molecule has 3 unspecified atom stereocenters. The van der Waals surface area contributed by atoms with Gasteiger partial charge in [0.25, 0.3) is 0 Å². The molecule has 2 aliphatic rings. The zero-order chi connectivity index (χ0) is 15.2. The van der Waals surface area contributed by atoms with Gasteiger partial charge in [-0.25, -0.2) is 0 Å². The van der Waals surface area contributed by atoms with Crippen molar-refractivity contribution in [1.82, 2.24) is 4.90 Å². The highest BCUT2D eigenvalue weighted by Crippen LogP contribution is 2.39. The molecule has 0 aromatic carbocycles. The maximum absolute atomic E-state index is 11.9. The average Bonchev–Trinajstić information content (AvgIpc) is 3.30. The van der Waals surface area contributed by atoms with Crippen LogP contribution in [0.3, 0.4) is 0 Å². The lowest BCUT2D eigenvalue weighted by atomic mass is 9.76. The highest BCUT2D eigenvalue weighted by atomic mass is 16.5. The fourth-order valence-electron chi connectivity index (χ4n) is 3.92. The molecule has 0 spiro atoms. The van der Waals surface area contributed by atoms with Crippen molar-refractivity contribution in [2.75, 3.05) is 19.7 Å². The minimum atomic E-state index is -0.0715. The lowest BCUT2D eigenvalue weighted by molar-refractivity contribution is -0.146. The van der Waals surface area contributed by atoms with Gasteiger partial charge in [0.1, 0.15) is 0 Å². The highest BCUT2D eigenvalue weighted by molar-refractivity contribution is 5.71. The number of carbonyl (C=O) groups is 1. The summed E-state index contributed by atoms with van der Waals surface area (Å²) >= 11 is 0. The maximum atomic E-state index is 11.9. The molecule has 4 nitrogen and oxygen atoms in total. The standard InChI is InChI=1S/C17H32N2O2/c1-3-5-13-6-7-14(11-18)16(10-13)19(15-8-9-15)12-17(20)21-4-2/h13-16H,3-12,18H2,1-2H3. The van der Waals surface area contributed by atoms with E-state index in [4.69, 9.17) is 10.5 Å². The van der Waals surface area contributed by atoms with Crippen LogP contribution in [-0.2, 0) is 9.53 Å². The van der Waals surface area contributed by atoms with Crippen LogP contribution in [0.4, 0.5) is 0 Å². The fourth-order valence-corrected chi connectivity index (χ4v) is 3.92. The van der Waals surface area contributed by atoms with Crippen LogP contribution in [0.2, 0.25) is 0 Å². The molecule has 0 saturated heterocycles. The third kappa shape index (κ3) is 4.68. The second kappa shape index (κ2) is 8.14. The molecule has 0 aliphatic heterocycles. The van der Waals surface area contributed by atoms with Gasteiger partial charge in [-0.3, -0.25) is 9.69 Å². The molecule has 2 saturated carbocycles. The van der Waals surface area contributed by atoms with Gasteiger partial charge in [0, 0.05) is 12.1 Å². The summed E-state index contributed by atoms with van der Waals surface area (Å²) in [6.07, 6.45) is 8.77. The highest BCUT2D eigenvalue weighted by Gasteiger charge is 2.41. The lowest BCUT2D eigenvalue weighted by Crippen LogP contribution is -2.50. The van der Waals surface area contributed by atoms with Crippen LogP contribution in [0.25, 0.3) is 0 Å². The van der Waals surface area contributed by atoms with E-state index in [1.54, 1.807) is 0 Å². The van der Waals surface area contributed by atoms with E-state index >= 15 is 0 Å². The van der Waals surface area contributed by atoms with Gasteiger partial charge in [0.15, 0.2) is 0 Å². The number of carbonyl (C=O) groups excluding carboxylic acids is 1. The van der Waals surface area contributed by atoms with Gasteiger partial charge in [-0.1, -0.05) is 26.2 Å². The SMILES string of the molecule is CCCC1CCC(CN)C(N(CC(=O)OCC)C2CC2)C1. The Labute approximate surface area is 129 Å². The summed E-state index contributed by atoms with van der Waals surface area (Å²) in [7, 11) is 0. The van der Waals surface area contributed by atoms with E-state index in [1.165, 1.54) is 44.9 Å². The zero-order valence-corrected chi connectivity index (χ0v) is 13.7. The molecule has 122 valence electrons. The molecule has 2 N–H and O–H groups in total. The molecular weight excluding hydrogens is 264 g/mol. The molecule has 4 heteroatoms. The first kappa shape index (κ1) is 16.8. The van der Waals surface area contributed by atoms with Crippen molar-refractivity contribution in [3.63, 3.8) is 0 Å². The van der Waals surface area contributed by atoms with Gasteiger partial charge in [-0.2, -0.15) is 0 Å². The zero-order valence-electron chi connectivity index (χ0n) is 13.7. The Morgan fingerprint density at radius 3 is 2.57 bits per heavy atom. The van der Waals surface area contributed by atoms with Crippen LogP contribution in [0, 0.1) is 11.8 Å². The molecule has 0 radical (unpaired) electrons. The van der Waals surface area contributed by atoms with Crippen molar-refractivity contribution < 1.29 is 9.53 Å². The van der Waals surface area contributed by atoms with Crippen LogP contribution in [-0.4, -0.2) is 42.6 Å². The fraction of sp³-hybridized carbons (Fsp3) is 0.941. The summed E-state index contributed by atoms with van der Waals surface area (Å²) in [5, 5.41) is 0. The summed E-state index contributed by atoms with van der Waals surface area (Å²) in [5.74, 6) is 1.29. The van der Waals surface area contributed by atoms with Crippen LogP contribution in [0.1, 0.15) is 58.8 Å². The molecule has 0 heterocycles. The van der Waals surface area contributed by atoms with E-state index in [1.807, 2.05) is 6.92 Å². The van der Waals surface area contributed by atoms with Crippen molar-refractivity contribution in [3.05, 3.63) is 0 Å². The van der Waals surface area contributed by atoms with Crippen molar-refractivity contribution in [2.24, 2.45) is 17.6 Å². The number of hydrogen-bond donors (Lipinski definition) is 1. The molecule has 2 fully saturated rings. The summed E-state index contributed by atoms with van der Waals surface area (Å²) in [4.78, 5) is 14.4. The Hall–Kier alpha value is -0.610. The Morgan fingerprint density at radius 1 is 1.24 bits per heavy atom. The normalized spacial score (nSPS) is 29.6. The minimum absolute atomic E-state index is 0.0715. The van der Waals surface area contributed by atoms with Gasteiger partial charge in [0.05, 0.1) is 13.2 Å². The maximum Gasteiger partial charge on any atom is 0.320 e. The molecule has 21 heavy (non-hydrogen) atoms. The number of nitrogens with two attached hydrogens (primary N) is 1. The number of hydrogen-bond acceptors (Lipinski definition) is 4. The molecular formula is C17H32N2O2. The molecule has 0 bridgehead atoms. The Kier molecular flexibility index (Phi) is 6.49. The number of rotatable bonds is 8.